The Bertz CT molecular complexity index is 587. The van der Waals surface area contributed by atoms with E-state index in [0.29, 0.717) is 25.4 Å². The highest BCUT2D eigenvalue weighted by Gasteiger charge is 2.07. The number of aryl methyl sites for hydroxylation is 1. The maximum absolute atomic E-state index is 13.4. The normalized spacial score (nSPS) is 10.6. The fraction of sp³-hybridized carbons (Fsp3) is 0.294. The van der Waals surface area contributed by atoms with Gasteiger partial charge in [0.1, 0.15) is 17.3 Å². The Hall–Kier alpha value is -1.91. The van der Waals surface area contributed by atoms with E-state index >= 15 is 0 Å². The van der Waals surface area contributed by atoms with E-state index < -0.39 is 0 Å². The number of ether oxygens (including phenoxy) is 2. The van der Waals surface area contributed by atoms with E-state index in [9.17, 15) is 4.39 Å². The van der Waals surface area contributed by atoms with E-state index in [1.54, 1.807) is 13.2 Å². The van der Waals surface area contributed by atoms with Crippen molar-refractivity contribution in [3.8, 4) is 11.5 Å². The van der Waals surface area contributed by atoms with Crippen LogP contribution in [0.5, 0.6) is 11.5 Å². The summed E-state index contributed by atoms with van der Waals surface area (Å²) < 4.78 is 24.3. The molecule has 1 N–H and O–H groups in total. The predicted octanol–water partition coefficient (Wildman–Crippen LogP) is 3.66. The Morgan fingerprint density at radius 3 is 2.76 bits per heavy atom. The highest BCUT2D eigenvalue weighted by Crippen LogP contribution is 2.26. The van der Waals surface area contributed by atoms with Crippen molar-refractivity contribution in [2.45, 2.75) is 13.5 Å². The molecule has 0 spiro atoms. The van der Waals surface area contributed by atoms with Crippen LogP contribution in [0.2, 0.25) is 0 Å². The molecule has 0 aliphatic carbocycles. The number of rotatable bonds is 7. The van der Waals surface area contributed by atoms with Crippen molar-refractivity contribution in [3.05, 3.63) is 59.4 Å². The lowest BCUT2D eigenvalue weighted by atomic mass is 10.2. The lowest BCUT2D eigenvalue weighted by Crippen LogP contribution is -2.19. The van der Waals surface area contributed by atoms with Crippen LogP contribution in [-0.4, -0.2) is 20.3 Å². The van der Waals surface area contributed by atoms with E-state index in [-0.39, 0.29) is 5.82 Å². The second kappa shape index (κ2) is 7.76. The van der Waals surface area contributed by atoms with Gasteiger partial charge < -0.3 is 14.8 Å². The number of benzene rings is 2. The molecule has 21 heavy (non-hydrogen) atoms. The molecule has 0 aliphatic rings. The number of methoxy groups -OCH3 is 1. The van der Waals surface area contributed by atoms with Crippen molar-refractivity contribution in [3.63, 3.8) is 0 Å². The molecule has 4 heteroatoms. The largest absolute Gasteiger partial charge is 0.457 e. The Morgan fingerprint density at radius 1 is 1.14 bits per heavy atom. The summed E-state index contributed by atoms with van der Waals surface area (Å²) in [4.78, 5) is 0. The van der Waals surface area contributed by atoms with Gasteiger partial charge in [0, 0.05) is 25.8 Å². The Balaban J connectivity index is 2.10. The quantitative estimate of drug-likeness (QED) is 0.789. The number of hydrogen-bond acceptors (Lipinski definition) is 3. The second-order valence-electron chi connectivity index (χ2n) is 4.84. The molecule has 0 amide bonds. The van der Waals surface area contributed by atoms with Crippen molar-refractivity contribution in [2.75, 3.05) is 20.3 Å². The molecule has 0 fully saturated rings. The van der Waals surface area contributed by atoms with Crippen LogP contribution >= 0.6 is 0 Å². The number of nitrogens with one attached hydrogen (secondary N) is 1. The zero-order valence-electron chi connectivity index (χ0n) is 12.4. The maximum Gasteiger partial charge on any atom is 0.132 e. The molecule has 0 radical (unpaired) electrons. The van der Waals surface area contributed by atoms with Crippen molar-refractivity contribution < 1.29 is 13.9 Å². The van der Waals surface area contributed by atoms with Gasteiger partial charge in [0.05, 0.1) is 6.61 Å². The van der Waals surface area contributed by atoms with Gasteiger partial charge in [-0.05, 0) is 42.8 Å². The van der Waals surface area contributed by atoms with Crippen molar-refractivity contribution in [1.82, 2.24) is 5.32 Å². The fourth-order valence-corrected chi connectivity index (χ4v) is 1.99. The average Bonchev–Trinajstić information content (AvgIpc) is 2.46. The van der Waals surface area contributed by atoms with Crippen LogP contribution in [0.15, 0.2) is 42.5 Å². The molecule has 0 saturated heterocycles. The first kappa shape index (κ1) is 15.5. The molecule has 0 unspecified atom stereocenters. The molecule has 0 atom stereocenters. The van der Waals surface area contributed by atoms with E-state index in [2.05, 4.69) is 5.32 Å². The zero-order chi connectivity index (χ0) is 15.1. The summed E-state index contributed by atoms with van der Waals surface area (Å²) in [5.74, 6) is 1.14. The lowest BCUT2D eigenvalue weighted by molar-refractivity contribution is 0.199. The van der Waals surface area contributed by atoms with Gasteiger partial charge in [-0.25, -0.2) is 4.39 Å². The topological polar surface area (TPSA) is 30.5 Å². The molecule has 0 aromatic heterocycles. The fourth-order valence-electron chi connectivity index (χ4n) is 1.99. The van der Waals surface area contributed by atoms with Crippen molar-refractivity contribution in [2.24, 2.45) is 0 Å². The van der Waals surface area contributed by atoms with Crippen LogP contribution in [0.4, 0.5) is 4.39 Å². The third-order valence-corrected chi connectivity index (χ3v) is 3.04. The summed E-state index contributed by atoms with van der Waals surface area (Å²) in [5.41, 5.74) is 1.90. The number of halogens is 1. The van der Waals surface area contributed by atoms with Gasteiger partial charge in [-0.1, -0.05) is 12.1 Å². The molecule has 2 aromatic rings. The smallest absolute Gasteiger partial charge is 0.132 e. The van der Waals surface area contributed by atoms with Crippen LogP contribution in [0.3, 0.4) is 0 Å². The molecule has 0 bridgehead atoms. The molecule has 112 valence electrons. The molecular formula is C17H20FNO2. The van der Waals surface area contributed by atoms with Gasteiger partial charge in [-0.3, -0.25) is 0 Å². The minimum atomic E-state index is -0.268. The summed E-state index contributed by atoms with van der Waals surface area (Å²) >= 11 is 0. The van der Waals surface area contributed by atoms with Crippen LogP contribution in [-0.2, 0) is 11.3 Å². The van der Waals surface area contributed by atoms with Gasteiger partial charge in [0.25, 0.3) is 0 Å². The van der Waals surface area contributed by atoms with E-state index in [4.69, 9.17) is 9.47 Å². The van der Waals surface area contributed by atoms with Crippen LogP contribution in [0.1, 0.15) is 11.1 Å². The van der Waals surface area contributed by atoms with Gasteiger partial charge in [0.15, 0.2) is 0 Å². The standard InChI is InChI=1S/C17H20FNO2/c1-13-4-3-5-16(10-13)21-17-7-6-15(18)11-14(17)12-19-8-9-20-2/h3-7,10-11,19H,8-9,12H2,1-2H3. The first-order valence-corrected chi connectivity index (χ1v) is 6.91. The zero-order valence-corrected chi connectivity index (χ0v) is 12.4. The summed E-state index contributed by atoms with van der Waals surface area (Å²) in [5, 5.41) is 3.20. The molecule has 0 aliphatic heterocycles. The van der Waals surface area contributed by atoms with Crippen LogP contribution in [0.25, 0.3) is 0 Å². The summed E-state index contributed by atoms with van der Waals surface area (Å²) in [6.45, 7) is 3.85. The first-order valence-electron chi connectivity index (χ1n) is 6.91. The molecule has 0 heterocycles. The molecule has 2 aromatic carbocycles. The average molecular weight is 289 g/mol. The Labute approximate surface area is 124 Å². The second-order valence-corrected chi connectivity index (χ2v) is 4.84. The minimum absolute atomic E-state index is 0.268. The van der Waals surface area contributed by atoms with Gasteiger partial charge in [-0.2, -0.15) is 0 Å². The van der Waals surface area contributed by atoms with E-state index in [0.717, 1.165) is 16.9 Å². The lowest BCUT2D eigenvalue weighted by Gasteiger charge is -2.12. The van der Waals surface area contributed by atoms with E-state index in [1.165, 1.54) is 12.1 Å². The minimum Gasteiger partial charge on any atom is -0.457 e. The van der Waals surface area contributed by atoms with Gasteiger partial charge in [-0.15, -0.1) is 0 Å². The monoisotopic (exact) mass is 289 g/mol. The Morgan fingerprint density at radius 2 is 2.00 bits per heavy atom. The predicted molar refractivity (Wildman–Crippen MR) is 81.2 cm³/mol. The highest BCUT2D eigenvalue weighted by atomic mass is 19.1. The SMILES string of the molecule is COCCNCc1cc(F)ccc1Oc1cccc(C)c1. The summed E-state index contributed by atoms with van der Waals surface area (Å²) in [6.07, 6.45) is 0. The van der Waals surface area contributed by atoms with Gasteiger partial charge in [0.2, 0.25) is 0 Å². The number of hydrogen-bond donors (Lipinski definition) is 1. The highest BCUT2D eigenvalue weighted by molar-refractivity contribution is 5.39. The van der Waals surface area contributed by atoms with Gasteiger partial charge >= 0.3 is 0 Å². The molecule has 3 nitrogen and oxygen atoms in total. The summed E-state index contributed by atoms with van der Waals surface area (Å²) in [6, 6.07) is 12.3. The summed E-state index contributed by atoms with van der Waals surface area (Å²) in [7, 11) is 1.65. The van der Waals surface area contributed by atoms with Crippen LogP contribution in [0, 0.1) is 12.7 Å². The molecule has 2 rings (SSSR count). The first-order chi connectivity index (χ1) is 10.2. The Kier molecular flexibility index (Phi) is 5.72. The van der Waals surface area contributed by atoms with Crippen molar-refractivity contribution in [1.29, 1.82) is 0 Å². The third-order valence-electron chi connectivity index (χ3n) is 3.04. The van der Waals surface area contributed by atoms with Crippen LogP contribution < -0.4 is 10.1 Å². The van der Waals surface area contributed by atoms with Crippen molar-refractivity contribution >= 4 is 0 Å². The maximum atomic E-state index is 13.4. The molecular weight excluding hydrogens is 269 g/mol. The molecule has 0 saturated carbocycles. The van der Waals surface area contributed by atoms with E-state index in [1.807, 2.05) is 31.2 Å². The third kappa shape index (κ3) is 4.85.